The molecule has 1 amide bonds. The first-order valence-electron chi connectivity index (χ1n) is 5.83. The Kier molecular flexibility index (Phi) is 3.84. The van der Waals surface area contributed by atoms with Crippen molar-refractivity contribution in [1.29, 1.82) is 0 Å². The zero-order valence-electron chi connectivity index (χ0n) is 10.1. The summed E-state index contributed by atoms with van der Waals surface area (Å²) in [7, 11) is 0. The van der Waals surface area contributed by atoms with Crippen molar-refractivity contribution in [3.63, 3.8) is 0 Å². The molecule has 3 unspecified atom stereocenters. The van der Waals surface area contributed by atoms with E-state index in [1.165, 1.54) is 11.3 Å². The van der Waals surface area contributed by atoms with Crippen LogP contribution in [0.5, 0.6) is 0 Å². The number of carbonyl (C=O) groups is 1. The van der Waals surface area contributed by atoms with E-state index in [1.54, 1.807) is 11.4 Å². The summed E-state index contributed by atoms with van der Waals surface area (Å²) in [6.45, 7) is 1.81. The van der Waals surface area contributed by atoms with Gasteiger partial charge in [-0.2, -0.15) is 13.2 Å². The number of hydroxylamine groups is 1. The Hall–Kier alpha value is -1.12. The number of carbonyl (C=O) groups excluding carboxylic acids is 1. The molecular weight excluding hydrogens is 281 g/mol. The molecule has 0 radical (unpaired) electrons. The van der Waals surface area contributed by atoms with Gasteiger partial charge in [0, 0.05) is 12.0 Å². The van der Waals surface area contributed by atoms with E-state index in [2.05, 4.69) is 0 Å². The lowest BCUT2D eigenvalue weighted by molar-refractivity contribution is -0.808. The normalized spacial score (nSPS) is 26.9. The molecule has 2 rings (SSSR count). The molecule has 1 aromatic rings. The van der Waals surface area contributed by atoms with E-state index in [1.807, 2.05) is 12.2 Å². The highest BCUT2D eigenvalue weighted by Gasteiger charge is 2.42. The number of rotatable bonds is 2. The molecule has 8 heteroatoms. The second-order valence-corrected chi connectivity index (χ2v) is 5.35. The van der Waals surface area contributed by atoms with Crippen molar-refractivity contribution in [2.24, 2.45) is 0 Å². The number of amides is 1. The Morgan fingerprint density at radius 2 is 2.32 bits per heavy atom. The lowest BCUT2D eigenvalue weighted by atomic mass is 9.95. The van der Waals surface area contributed by atoms with Gasteiger partial charge in [0.2, 0.25) is 0 Å². The summed E-state index contributed by atoms with van der Waals surface area (Å²) >= 11 is 1.21. The number of hydrogen-bond acceptors (Lipinski definition) is 3. The summed E-state index contributed by atoms with van der Waals surface area (Å²) in [5, 5.41) is 16.1. The van der Waals surface area contributed by atoms with Crippen LogP contribution in [0, 0.1) is 5.21 Å². The van der Waals surface area contributed by atoms with Crippen LogP contribution in [0.4, 0.5) is 18.2 Å². The van der Waals surface area contributed by atoms with E-state index in [0.29, 0.717) is 17.0 Å². The predicted octanol–water partition coefficient (Wildman–Crippen LogP) is 1.66. The van der Waals surface area contributed by atoms with Gasteiger partial charge in [0.1, 0.15) is 0 Å². The monoisotopic (exact) mass is 294 g/mol. The van der Waals surface area contributed by atoms with Crippen molar-refractivity contribution in [3.05, 3.63) is 22.2 Å². The van der Waals surface area contributed by atoms with Crippen molar-refractivity contribution >= 4 is 22.2 Å². The van der Waals surface area contributed by atoms with Crippen LogP contribution < -0.4 is 10.4 Å². The minimum Gasteiger partial charge on any atom is -0.628 e. The third-order valence-corrected chi connectivity index (χ3v) is 4.19. The van der Waals surface area contributed by atoms with Crippen LogP contribution in [-0.4, -0.2) is 18.1 Å². The Morgan fingerprint density at radius 1 is 1.63 bits per heavy atom. The van der Waals surface area contributed by atoms with Gasteiger partial charge in [-0.3, -0.25) is 4.79 Å². The zero-order valence-corrected chi connectivity index (χ0v) is 10.9. The van der Waals surface area contributed by atoms with Gasteiger partial charge in [-0.25, -0.2) is 0 Å². The van der Waals surface area contributed by atoms with Gasteiger partial charge in [-0.05, 0) is 17.9 Å². The number of alkyl halides is 3. The molecule has 0 saturated heterocycles. The van der Waals surface area contributed by atoms with Crippen LogP contribution in [0.15, 0.2) is 11.4 Å². The maximum atomic E-state index is 12.3. The van der Waals surface area contributed by atoms with Crippen molar-refractivity contribution in [2.45, 2.75) is 38.0 Å². The second-order valence-electron chi connectivity index (χ2n) is 4.43. The molecule has 0 saturated carbocycles. The number of thiophene rings is 1. The van der Waals surface area contributed by atoms with E-state index in [0.717, 1.165) is 0 Å². The molecule has 19 heavy (non-hydrogen) atoms. The number of quaternary nitrogens is 1. The Labute approximate surface area is 111 Å². The number of halogens is 3. The third-order valence-electron chi connectivity index (χ3n) is 3.24. The van der Waals surface area contributed by atoms with Gasteiger partial charge >= 0.3 is 12.1 Å². The van der Waals surface area contributed by atoms with Crippen LogP contribution in [0.25, 0.3) is 0 Å². The highest BCUT2D eigenvalue weighted by Crippen LogP contribution is 2.33. The average molecular weight is 294 g/mol. The summed E-state index contributed by atoms with van der Waals surface area (Å²) in [6, 6.07) is 0.535. The summed E-state index contributed by atoms with van der Waals surface area (Å²) in [6.07, 6.45) is -4.13. The smallest absolute Gasteiger partial charge is 0.471 e. The van der Waals surface area contributed by atoms with Crippen molar-refractivity contribution < 1.29 is 23.0 Å². The molecule has 4 nitrogen and oxygen atoms in total. The molecule has 0 aromatic carbocycles. The van der Waals surface area contributed by atoms with E-state index in [-0.39, 0.29) is 17.5 Å². The molecule has 106 valence electrons. The first-order chi connectivity index (χ1) is 8.84. The van der Waals surface area contributed by atoms with Crippen LogP contribution in [0.3, 0.4) is 0 Å². The van der Waals surface area contributed by atoms with Gasteiger partial charge in [-0.15, -0.1) is 0 Å². The standard InChI is InChI=1S/C11H13F3N2O2S/c1-2-6-5-8(15-10(17)11(12,13)14)7-3-4-19-9(7)16(6)18/h3-4,6,8,16H,2,5H2,1H3,(H,15,17). The molecule has 2 heterocycles. The predicted molar refractivity (Wildman–Crippen MR) is 63.9 cm³/mol. The zero-order chi connectivity index (χ0) is 14.2. The number of fused-ring (bicyclic) bond motifs is 1. The summed E-state index contributed by atoms with van der Waals surface area (Å²) in [5.74, 6) is -1.96. The topological polar surface area (TPSA) is 56.6 Å². The molecule has 3 atom stereocenters. The van der Waals surface area contributed by atoms with E-state index in [9.17, 15) is 23.2 Å². The first kappa shape index (κ1) is 14.3. The van der Waals surface area contributed by atoms with Crippen LogP contribution in [0.1, 0.15) is 31.4 Å². The highest BCUT2D eigenvalue weighted by molar-refractivity contribution is 7.13. The number of nitrogens with one attached hydrogen (secondary N) is 2. The Balaban J connectivity index is 2.23. The largest absolute Gasteiger partial charge is 0.628 e. The van der Waals surface area contributed by atoms with Gasteiger partial charge in [0.25, 0.3) is 0 Å². The molecule has 0 spiro atoms. The fourth-order valence-electron chi connectivity index (χ4n) is 2.23. The van der Waals surface area contributed by atoms with Crippen molar-refractivity contribution in [2.75, 3.05) is 0 Å². The molecule has 0 fully saturated rings. The van der Waals surface area contributed by atoms with E-state index >= 15 is 0 Å². The number of hydrogen-bond donors (Lipinski definition) is 2. The minimum absolute atomic E-state index is 0.0370. The fraction of sp³-hybridized carbons (Fsp3) is 0.545. The van der Waals surface area contributed by atoms with E-state index < -0.39 is 18.1 Å². The Morgan fingerprint density at radius 3 is 2.89 bits per heavy atom. The van der Waals surface area contributed by atoms with Gasteiger partial charge in [0.15, 0.2) is 5.00 Å². The fourth-order valence-corrected chi connectivity index (χ4v) is 3.21. The highest BCUT2D eigenvalue weighted by atomic mass is 32.1. The molecule has 0 aliphatic carbocycles. The van der Waals surface area contributed by atoms with Gasteiger partial charge in [-0.1, -0.05) is 18.3 Å². The lowest BCUT2D eigenvalue weighted by Crippen LogP contribution is -3.07. The quantitative estimate of drug-likeness (QED) is 0.815. The molecule has 0 bridgehead atoms. The van der Waals surface area contributed by atoms with Gasteiger partial charge in [0.05, 0.1) is 12.1 Å². The Bertz CT molecular complexity index is 475. The average Bonchev–Trinajstić information content (AvgIpc) is 2.81. The van der Waals surface area contributed by atoms with Gasteiger partial charge < -0.3 is 15.6 Å². The second kappa shape index (κ2) is 5.10. The van der Waals surface area contributed by atoms with Crippen LogP contribution in [0.2, 0.25) is 0 Å². The molecule has 2 N–H and O–H groups in total. The molecule has 1 aliphatic rings. The summed E-state index contributed by atoms with van der Waals surface area (Å²) in [5.41, 5.74) is 0.498. The van der Waals surface area contributed by atoms with Crippen LogP contribution in [-0.2, 0) is 4.79 Å². The van der Waals surface area contributed by atoms with Crippen molar-refractivity contribution in [3.8, 4) is 0 Å². The van der Waals surface area contributed by atoms with Crippen LogP contribution >= 0.6 is 11.3 Å². The maximum absolute atomic E-state index is 12.3. The summed E-state index contributed by atoms with van der Waals surface area (Å²) in [4.78, 5) is 11.0. The third kappa shape index (κ3) is 2.75. The van der Waals surface area contributed by atoms with Crippen molar-refractivity contribution in [1.82, 2.24) is 5.32 Å². The molecule has 1 aromatic heterocycles. The van der Waals surface area contributed by atoms with E-state index in [4.69, 9.17) is 0 Å². The first-order valence-corrected chi connectivity index (χ1v) is 6.71. The molecule has 1 aliphatic heterocycles. The minimum atomic E-state index is -4.90. The SMILES string of the molecule is CCC1CC(NC(=O)C(F)(F)F)c2ccsc2[NH+]1[O-]. The molecular formula is C11H13F3N2O2S. The maximum Gasteiger partial charge on any atom is 0.471 e. The summed E-state index contributed by atoms with van der Waals surface area (Å²) < 4.78 is 36.9. The lowest BCUT2D eigenvalue weighted by Gasteiger charge is -2.37.